The normalized spacial score (nSPS) is 13.0. The van der Waals surface area contributed by atoms with Gasteiger partial charge in [0.1, 0.15) is 5.01 Å². The molecule has 0 aliphatic rings. The molecule has 0 radical (unpaired) electrons. The van der Waals surface area contributed by atoms with Gasteiger partial charge in [0.25, 0.3) is 0 Å². The molecule has 124 valence electrons. The maximum Gasteiger partial charge on any atom is 0.191 e. The minimum atomic E-state index is 0.00784. The van der Waals surface area contributed by atoms with Gasteiger partial charge < -0.3 is 10.6 Å². The molecule has 0 saturated carbocycles. The molecular weight excluding hydrogens is 351 g/mol. The van der Waals surface area contributed by atoms with E-state index in [0.29, 0.717) is 22.5 Å². The third kappa shape index (κ3) is 5.09. The molecule has 0 aliphatic heterocycles. The Hall–Kier alpha value is -1.30. The van der Waals surface area contributed by atoms with E-state index in [4.69, 9.17) is 23.2 Å². The molecule has 0 bridgehead atoms. The van der Waals surface area contributed by atoms with Gasteiger partial charge >= 0.3 is 0 Å². The summed E-state index contributed by atoms with van der Waals surface area (Å²) in [5.41, 5.74) is 0.974. The van der Waals surface area contributed by atoms with E-state index in [9.17, 15) is 0 Å². The summed E-state index contributed by atoms with van der Waals surface area (Å²) in [7, 11) is 1.74. The van der Waals surface area contributed by atoms with Crippen LogP contribution in [0.2, 0.25) is 10.0 Å². The molecule has 7 heteroatoms. The standard InChI is InChI=1S/C16H20Cl2N4S/c1-4-12-8-20-15(23-12)9-21-16(19-3)22-10(2)13-6-5-11(17)7-14(13)18/h5-8,10H,4,9H2,1-3H3,(H2,19,21,22). The van der Waals surface area contributed by atoms with Crippen LogP contribution in [0, 0.1) is 0 Å². The fourth-order valence-corrected chi connectivity index (χ4v) is 3.46. The van der Waals surface area contributed by atoms with Crippen LogP contribution in [0.5, 0.6) is 0 Å². The lowest BCUT2D eigenvalue weighted by Gasteiger charge is -2.19. The lowest BCUT2D eigenvalue weighted by Crippen LogP contribution is -2.38. The zero-order valence-electron chi connectivity index (χ0n) is 13.4. The summed E-state index contributed by atoms with van der Waals surface area (Å²) in [4.78, 5) is 9.92. The minimum Gasteiger partial charge on any atom is -0.350 e. The molecule has 2 N–H and O–H groups in total. The average Bonchev–Trinajstić information content (AvgIpc) is 2.99. The molecule has 4 nitrogen and oxygen atoms in total. The molecule has 1 heterocycles. The van der Waals surface area contributed by atoms with E-state index in [1.165, 1.54) is 4.88 Å². The van der Waals surface area contributed by atoms with Crippen molar-refractivity contribution in [1.29, 1.82) is 0 Å². The fraction of sp³-hybridized carbons (Fsp3) is 0.375. The molecule has 1 unspecified atom stereocenters. The number of rotatable bonds is 5. The number of aliphatic imine (C=N–C) groups is 1. The zero-order chi connectivity index (χ0) is 16.8. The molecule has 2 aromatic rings. The fourth-order valence-electron chi connectivity index (χ4n) is 2.08. The molecule has 0 amide bonds. The molecule has 23 heavy (non-hydrogen) atoms. The molecule has 0 aliphatic carbocycles. The molecule has 2 rings (SSSR count). The van der Waals surface area contributed by atoms with Crippen LogP contribution in [0.1, 0.15) is 35.3 Å². The van der Waals surface area contributed by atoms with Crippen molar-refractivity contribution in [3.8, 4) is 0 Å². The van der Waals surface area contributed by atoms with Crippen molar-refractivity contribution >= 4 is 40.5 Å². The first kappa shape index (κ1) is 18.0. The number of guanidine groups is 1. The van der Waals surface area contributed by atoms with Gasteiger partial charge in [-0.1, -0.05) is 36.2 Å². The predicted molar refractivity (Wildman–Crippen MR) is 99.7 cm³/mol. The van der Waals surface area contributed by atoms with Gasteiger partial charge in [0.15, 0.2) is 5.96 Å². The summed E-state index contributed by atoms with van der Waals surface area (Å²) in [6.07, 6.45) is 2.94. The maximum atomic E-state index is 6.25. The van der Waals surface area contributed by atoms with E-state index >= 15 is 0 Å². The molecule has 1 atom stereocenters. The first-order valence-electron chi connectivity index (χ1n) is 7.39. The number of aryl methyl sites for hydroxylation is 1. The molecule has 1 aromatic carbocycles. The molecule has 0 saturated heterocycles. The highest BCUT2D eigenvalue weighted by Crippen LogP contribution is 2.26. The summed E-state index contributed by atoms with van der Waals surface area (Å²) in [5.74, 6) is 0.705. The van der Waals surface area contributed by atoms with E-state index in [1.807, 2.05) is 25.3 Å². The summed E-state index contributed by atoms with van der Waals surface area (Å²) >= 11 is 13.9. The maximum absolute atomic E-state index is 6.25. The summed E-state index contributed by atoms with van der Waals surface area (Å²) < 4.78 is 0. The van der Waals surface area contributed by atoms with Crippen molar-refractivity contribution in [1.82, 2.24) is 15.6 Å². The van der Waals surface area contributed by atoms with E-state index in [-0.39, 0.29) is 6.04 Å². The third-order valence-corrected chi connectivity index (χ3v) is 5.07. The van der Waals surface area contributed by atoms with Crippen LogP contribution in [0.15, 0.2) is 29.4 Å². The van der Waals surface area contributed by atoms with E-state index in [1.54, 1.807) is 24.5 Å². The number of benzene rings is 1. The minimum absolute atomic E-state index is 0.00784. The zero-order valence-corrected chi connectivity index (χ0v) is 15.7. The Kier molecular flexibility index (Phi) is 6.69. The van der Waals surface area contributed by atoms with Crippen LogP contribution in [-0.4, -0.2) is 18.0 Å². The van der Waals surface area contributed by atoms with Gasteiger partial charge in [-0.15, -0.1) is 11.3 Å². The summed E-state index contributed by atoms with van der Waals surface area (Å²) in [5, 5.41) is 8.91. The Morgan fingerprint density at radius 3 is 2.78 bits per heavy atom. The molecule has 0 fully saturated rings. The second-order valence-corrected chi connectivity index (χ2v) is 7.07. The van der Waals surface area contributed by atoms with E-state index in [0.717, 1.165) is 17.0 Å². The Morgan fingerprint density at radius 2 is 2.17 bits per heavy atom. The monoisotopic (exact) mass is 370 g/mol. The van der Waals surface area contributed by atoms with Gasteiger partial charge in [-0.3, -0.25) is 4.99 Å². The number of aromatic nitrogens is 1. The first-order valence-corrected chi connectivity index (χ1v) is 8.96. The van der Waals surface area contributed by atoms with Crippen LogP contribution >= 0.6 is 34.5 Å². The Bertz CT molecular complexity index is 684. The lowest BCUT2D eigenvalue weighted by molar-refractivity contribution is 0.685. The largest absolute Gasteiger partial charge is 0.350 e. The van der Waals surface area contributed by atoms with Gasteiger partial charge in [0.05, 0.1) is 12.6 Å². The van der Waals surface area contributed by atoms with Crippen molar-refractivity contribution in [2.75, 3.05) is 7.05 Å². The Labute approximate surface area is 151 Å². The number of nitrogens with one attached hydrogen (secondary N) is 2. The molecule has 1 aromatic heterocycles. The molecular formula is C16H20Cl2N4S. The first-order chi connectivity index (χ1) is 11.0. The van der Waals surface area contributed by atoms with Crippen LogP contribution < -0.4 is 10.6 Å². The topological polar surface area (TPSA) is 49.3 Å². The second kappa shape index (κ2) is 8.52. The van der Waals surface area contributed by atoms with Crippen LogP contribution in [-0.2, 0) is 13.0 Å². The smallest absolute Gasteiger partial charge is 0.191 e. The van der Waals surface area contributed by atoms with Gasteiger partial charge in [-0.25, -0.2) is 4.98 Å². The predicted octanol–water partition coefficient (Wildman–Crippen LogP) is 4.44. The van der Waals surface area contributed by atoms with E-state index in [2.05, 4.69) is 27.5 Å². The van der Waals surface area contributed by atoms with Crippen molar-refractivity contribution in [2.24, 2.45) is 4.99 Å². The van der Waals surface area contributed by atoms with Crippen LogP contribution in [0.4, 0.5) is 0 Å². The second-order valence-electron chi connectivity index (χ2n) is 5.03. The molecule has 0 spiro atoms. The number of thiazole rings is 1. The SMILES string of the molecule is CCc1cnc(CNC(=NC)NC(C)c2ccc(Cl)cc2Cl)s1. The highest BCUT2D eigenvalue weighted by molar-refractivity contribution is 7.11. The lowest BCUT2D eigenvalue weighted by atomic mass is 10.1. The quantitative estimate of drug-likeness (QED) is 0.604. The van der Waals surface area contributed by atoms with E-state index < -0.39 is 0 Å². The van der Waals surface area contributed by atoms with Gasteiger partial charge in [0, 0.05) is 28.2 Å². The number of halogens is 2. The summed E-state index contributed by atoms with van der Waals surface area (Å²) in [6.45, 7) is 4.80. The number of hydrogen-bond acceptors (Lipinski definition) is 3. The van der Waals surface area contributed by atoms with Gasteiger partial charge in [-0.2, -0.15) is 0 Å². The van der Waals surface area contributed by atoms with Crippen molar-refractivity contribution in [3.63, 3.8) is 0 Å². The van der Waals surface area contributed by atoms with Crippen molar-refractivity contribution < 1.29 is 0 Å². The number of hydrogen-bond donors (Lipinski definition) is 2. The summed E-state index contributed by atoms with van der Waals surface area (Å²) in [6, 6.07) is 5.51. The average molecular weight is 371 g/mol. The Balaban J connectivity index is 1.96. The Morgan fingerprint density at radius 1 is 1.39 bits per heavy atom. The van der Waals surface area contributed by atoms with Gasteiger partial charge in [0.2, 0.25) is 0 Å². The van der Waals surface area contributed by atoms with Crippen LogP contribution in [0.25, 0.3) is 0 Å². The van der Waals surface area contributed by atoms with Crippen molar-refractivity contribution in [2.45, 2.75) is 32.9 Å². The highest BCUT2D eigenvalue weighted by atomic mass is 35.5. The highest BCUT2D eigenvalue weighted by Gasteiger charge is 2.12. The van der Waals surface area contributed by atoms with Crippen LogP contribution in [0.3, 0.4) is 0 Å². The van der Waals surface area contributed by atoms with Gasteiger partial charge in [-0.05, 0) is 31.0 Å². The van der Waals surface area contributed by atoms with Crippen molar-refractivity contribution in [3.05, 3.63) is 49.9 Å². The number of nitrogens with zero attached hydrogens (tertiary/aromatic N) is 2. The third-order valence-electron chi connectivity index (χ3n) is 3.36.